The van der Waals surface area contributed by atoms with Gasteiger partial charge in [0.25, 0.3) is 0 Å². The molecule has 0 aliphatic rings. The molecule has 0 radical (unpaired) electrons. The second-order valence-electron chi connectivity index (χ2n) is 5.75. The van der Waals surface area contributed by atoms with Gasteiger partial charge in [-0.05, 0) is 42.5 Å². The van der Waals surface area contributed by atoms with Gasteiger partial charge in [0, 0.05) is 22.3 Å². The van der Waals surface area contributed by atoms with Crippen molar-refractivity contribution in [3.63, 3.8) is 0 Å². The Morgan fingerprint density at radius 2 is 1.60 bits per heavy atom. The molecule has 132 valence electrons. The van der Waals surface area contributed by atoms with E-state index in [0.717, 1.165) is 5.69 Å². The lowest BCUT2D eigenvalue weighted by Crippen LogP contribution is -2.22. The highest BCUT2D eigenvalue weighted by molar-refractivity contribution is 6.36. The normalized spacial score (nSPS) is 10.4. The van der Waals surface area contributed by atoms with Gasteiger partial charge in [0.15, 0.2) is 0 Å². The first-order valence-corrected chi connectivity index (χ1v) is 8.50. The summed E-state index contributed by atoms with van der Waals surface area (Å²) in [4.78, 5) is 23.6. The lowest BCUT2D eigenvalue weighted by Gasteiger charge is -2.11. The smallest absolute Gasteiger partial charge is 0.243 e. The quantitative estimate of drug-likeness (QED) is 0.684. The Labute approximate surface area is 156 Å². The van der Waals surface area contributed by atoms with Crippen molar-refractivity contribution in [2.24, 2.45) is 5.92 Å². The third kappa shape index (κ3) is 5.96. The molecule has 0 bridgehead atoms. The Balaban J connectivity index is 1.86. The highest BCUT2D eigenvalue weighted by atomic mass is 35.5. The fraction of sp³-hybridized carbons (Fsp3) is 0.222. The van der Waals surface area contributed by atoms with E-state index < -0.39 is 0 Å². The minimum atomic E-state index is -0.235. The van der Waals surface area contributed by atoms with E-state index in [4.69, 9.17) is 23.2 Å². The topological polar surface area (TPSA) is 70.2 Å². The van der Waals surface area contributed by atoms with Crippen molar-refractivity contribution in [2.45, 2.75) is 13.8 Å². The monoisotopic (exact) mass is 379 g/mol. The molecule has 0 atom stereocenters. The summed E-state index contributed by atoms with van der Waals surface area (Å²) in [5.41, 5.74) is 1.98. The fourth-order valence-electron chi connectivity index (χ4n) is 1.93. The minimum absolute atomic E-state index is 0.0417. The SMILES string of the molecule is CC(C)C(=O)Nc1ccc(NCC(=O)Nc2ccc(Cl)cc2Cl)cc1. The predicted molar refractivity (Wildman–Crippen MR) is 103 cm³/mol. The summed E-state index contributed by atoms with van der Waals surface area (Å²) in [5.74, 6) is -0.359. The van der Waals surface area contributed by atoms with Crippen LogP contribution in [0.1, 0.15) is 13.8 Å². The summed E-state index contributed by atoms with van der Waals surface area (Å²) in [6, 6.07) is 12.0. The van der Waals surface area contributed by atoms with Crippen LogP contribution in [-0.4, -0.2) is 18.4 Å². The summed E-state index contributed by atoms with van der Waals surface area (Å²) >= 11 is 11.8. The highest BCUT2D eigenvalue weighted by Gasteiger charge is 2.08. The summed E-state index contributed by atoms with van der Waals surface area (Å²) in [6.07, 6.45) is 0. The van der Waals surface area contributed by atoms with E-state index >= 15 is 0 Å². The Morgan fingerprint density at radius 1 is 0.960 bits per heavy atom. The lowest BCUT2D eigenvalue weighted by atomic mass is 10.2. The molecule has 0 unspecified atom stereocenters. The van der Waals surface area contributed by atoms with Gasteiger partial charge in [-0.25, -0.2) is 0 Å². The van der Waals surface area contributed by atoms with Gasteiger partial charge in [-0.1, -0.05) is 37.0 Å². The third-order valence-corrected chi connectivity index (χ3v) is 3.88. The third-order valence-electron chi connectivity index (χ3n) is 3.34. The maximum absolute atomic E-state index is 12.0. The molecule has 25 heavy (non-hydrogen) atoms. The summed E-state index contributed by atoms with van der Waals surface area (Å²) in [6.45, 7) is 3.74. The van der Waals surface area contributed by atoms with Crippen LogP contribution in [0.4, 0.5) is 17.1 Å². The second-order valence-corrected chi connectivity index (χ2v) is 6.59. The second kappa shape index (κ2) is 8.74. The number of hydrogen-bond donors (Lipinski definition) is 3. The molecule has 2 amide bonds. The minimum Gasteiger partial charge on any atom is -0.376 e. The van der Waals surface area contributed by atoms with Crippen LogP contribution in [0.2, 0.25) is 10.0 Å². The number of anilines is 3. The van der Waals surface area contributed by atoms with Gasteiger partial charge in [-0.3, -0.25) is 9.59 Å². The van der Waals surface area contributed by atoms with Gasteiger partial charge < -0.3 is 16.0 Å². The van der Waals surface area contributed by atoms with Crippen molar-refractivity contribution < 1.29 is 9.59 Å². The van der Waals surface area contributed by atoms with Crippen LogP contribution in [0.5, 0.6) is 0 Å². The molecule has 0 fully saturated rings. The first-order chi connectivity index (χ1) is 11.8. The van der Waals surface area contributed by atoms with Crippen molar-refractivity contribution in [2.75, 3.05) is 22.5 Å². The van der Waals surface area contributed by atoms with Gasteiger partial charge >= 0.3 is 0 Å². The molecule has 2 aromatic carbocycles. The van der Waals surface area contributed by atoms with Gasteiger partial charge in [0.05, 0.1) is 17.3 Å². The van der Waals surface area contributed by atoms with Crippen LogP contribution in [0.15, 0.2) is 42.5 Å². The molecule has 5 nitrogen and oxygen atoms in total. The zero-order valence-corrected chi connectivity index (χ0v) is 15.4. The zero-order chi connectivity index (χ0) is 18.4. The van der Waals surface area contributed by atoms with Gasteiger partial charge in [-0.2, -0.15) is 0 Å². The van der Waals surface area contributed by atoms with Crippen molar-refractivity contribution >= 4 is 52.1 Å². The molecule has 0 spiro atoms. The Hall–Kier alpha value is -2.24. The Morgan fingerprint density at radius 3 is 2.20 bits per heavy atom. The van der Waals surface area contributed by atoms with E-state index in [9.17, 15) is 9.59 Å². The summed E-state index contributed by atoms with van der Waals surface area (Å²) < 4.78 is 0. The number of carbonyl (C=O) groups excluding carboxylic acids is 2. The molecular formula is C18H19Cl2N3O2. The molecule has 0 aromatic heterocycles. The maximum Gasteiger partial charge on any atom is 0.243 e. The van der Waals surface area contributed by atoms with Crippen LogP contribution in [0.25, 0.3) is 0 Å². The Bertz CT molecular complexity index is 761. The molecule has 0 saturated heterocycles. The van der Waals surface area contributed by atoms with E-state index in [0.29, 0.717) is 21.4 Å². The number of rotatable bonds is 6. The average molecular weight is 380 g/mol. The molecule has 7 heteroatoms. The fourth-order valence-corrected chi connectivity index (χ4v) is 2.38. The molecule has 2 rings (SSSR count). The van der Waals surface area contributed by atoms with Crippen molar-refractivity contribution in [1.29, 1.82) is 0 Å². The molecule has 0 heterocycles. The number of hydrogen-bond acceptors (Lipinski definition) is 3. The first-order valence-electron chi connectivity index (χ1n) is 7.75. The standard InChI is InChI=1S/C18H19Cl2N3O2/c1-11(2)18(25)22-14-6-4-13(5-7-14)21-10-17(24)23-16-8-3-12(19)9-15(16)20/h3-9,11,21H,10H2,1-2H3,(H,22,25)(H,23,24). The van der Waals surface area contributed by atoms with Crippen LogP contribution < -0.4 is 16.0 Å². The van der Waals surface area contributed by atoms with Crippen molar-refractivity contribution in [3.05, 3.63) is 52.5 Å². The number of carbonyl (C=O) groups is 2. The molecule has 2 aromatic rings. The molecular weight excluding hydrogens is 361 g/mol. The zero-order valence-electron chi connectivity index (χ0n) is 13.9. The maximum atomic E-state index is 12.0. The molecule has 3 N–H and O–H groups in total. The van der Waals surface area contributed by atoms with Crippen LogP contribution >= 0.6 is 23.2 Å². The van der Waals surface area contributed by atoms with Gasteiger partial charge in [0.2, 0.25) is 11.8 Å². The predicted octanol–water partition coefficient (Wildman–Crippen LogP) is 4.64. The van der Waals surface area contributed by atoms with Gasteiger partial charge in [-0.15, -0.1) is 0 Å². The first kappa shape index (κ1) is 19.1. The van der Waals surface area contributed by atoms with Crippen molar-refractivity contribution in [1.82, 2.24) is 0 Å². The summed E-state index contributed by atoms with van der Waals surface area (Å²) in [7, 11) is 0. The van der Waals surface area contributed by atoms with E-state index in [2.05, 4.69) is 16.0 Å². The molecule has 0 aliphatic heterocycles. The van der Waals surface area contributed by atoms with Crippen LogP contribution in [0.3, 0.4) is 0 Å². The van der Waals surface area contributed by atoms with Crippen molar-refractivity contribution in [3.8, 4) is 0 Å². The molecule has 0 saturated carbocycles. The van der Waals surface area contributed by atoms with E-state index in [1.165, 1.54) is 0 Å². The molecule has 0 aliphatic carbocycles. The average Bonchev–Trinajstić information content (AvgIpc) is 2.56. The lowest BCUT2D eigenvalue weighted by molar-refractivity contribution is -0.119. The van der Waals surface area contributed by atoms with E-state index in [1.807, 2.05) is 13.8 Å². The van der Waals surface area contributed by atoms with Crippen LogP contribution in [0, 0.1) is 5.92 Å². The van der Waals surface area contributed by atoms with Crippen LogP contribution in [-0.2, 0) is 9.59 Å². The number of benzene rings is 2. The van der Waals surface area contributed by atoms with Gasteiger partial charge in [0.1, 0.15) is 0 Å². The number of nitrogens with one attached hydrogen (secondary N) is 3. The van der Waals surface area contributed by atoms with E-state index in [1.54, 1.807) is 42.5 Å². The van der Waals surface area contributed by atoms with E-state index in [-0.39, 0.29) is 24.3 Å². The summed E-state index contributed by atoms with van der Waals surface area (Å²) in [5, 5.41) is 9.40. The number of amides is 2. The Kier molecular flexibility index (Phi) is 6.67. The number of halogens is 2. The highest BCUT2D eigenvalue weighted by Crippen LogP contribution is 2.25. The largest absolute Gasteiger partial charge is 0.376 e.